The topological polar surface area (TPSA) is 135 Å². The van der Waals surface area contributed by atoms with E-state index in [2.05, 4.69) is 85.1 Å². The molecule has 0 aliphatic carbocycles. The number of nitrogens with zero attached hydrogens (tertiary/aromatic N) is 6. The van der Waals surface area contributed by atoms with Crippen LogP contribution in [0.15, 0.2) is 78.3 Å². The third kappa shape index (κ3) is 9.55. The number of amidine groups is 2. The first-order chi connectivity index (χ1) is 21.7. The summed E-state index contributed by atoms with van der Waals surface area (Å²) in [6.07, 6.45) is 4.73. The summed E-state index contributed by atoms with van der Waals surface area (Å²) < 4.78 is 0. The summed E-state index contributed by atoms with van der Waals surface area (Å²) in [5.74, 6) is 0.170. The van der Waals surface area contributed by atoms with Crippen molar-refractivity contribution in [3.05, 3.63) is 124 Å². The molecule has 0 spiro atoms. The number of rotatable bonds is 4. The summed E-state index contributed by atoms with van der Waals surface area (Å²) in [5.41, 5.74) is 19.4. The van der Waals surface area contributed by atoms with E-state index >= 15 is 0 Å². The number of hydrogen-bond acceptors (Lipinski definition) is 6. The van der Waals surface area contributed by atoms with Gasteiger partial charge in [-0.05, 0) is 61.3 Å². The van der Waals surface area contributed by atoms with Crippen LogP contribution in [0.2, 0.25) is 0 Å². The average molecular weight is 799 g/mol. The van der Waals surface area contributed by atoms with Gasteiger partial charge in [-0.3, -0.25) is 4.98 Å². The van der Waals surface area contributed by atoms with Crippen molar-refractivity contribution in [1.82, 2.24) is 19.9 Å². The van der Waals surface area contributed by atoms with Gasteiger partial charge in [0.15, 0.2) is 0 Å². The van der Waals surface area contributed by atoms with Gasteiger partial charge in [0.2, 0.25) is 0 Å². The van der Waals surface area contributed by atoms with Crippen LogP contribution in [0.3, 0.4) is 0 Å². The molecule has 0 bridgehead atoms. The molecule has 1 radical (unpaired) electrons. The molecule has 3 aromatic carbocycles. The van der Waals surface area contributed by atoms with Gasteiger partial charge in [-0.15, -0.1) is 34.9 Å². The molecule has 2 N–H and O–H groups in total. The Balaban J connectivity index is 0.000000318. The monoisotopic (exact) mass is 799 g/mol. The van der Waals surface area contributed by atoms with Gasteiger partial charge in [0.25, 0.3) is 0 Å². The van der Waals surface area contributed by atoms with Gasteiger partial charge in [-0.2, -0.15) is 5.26 Å². The quantitative estimate of drug-likeness (QED) is 0.110. The number of benzene rings is 3. The Morgan fingerprint density at radius 2 is 1.57 bits per heavy atom. The SMILES string of the molecule is CC(C)(C)C(=N)N=C([NH-])c1ccncn1.Cc1[c-]c(-c2ncc(-c3ccc(C#N)cc3C)nc2-c2cc(C)cc(C)c2)cc(C)c1.[Ir]. The first kappa shape index (κ1) is 36.6. The molecular formula is C38H38IrN8-2. The minimum Gasteiger partial charge on any atom is -0.480 e. The van der Waals surface area contributed by atoms with E-state index in [-0.39, 0.29) is 37.2 Å². The molecule has 0 saturated carbocycles. The van der Waals surface area contributed by atoms with Gasteiger partial charge in [0.05, 0.1) is 28.7 Å². The van der Waals surface area contributed by atoms with Crippen LogP contribution >= 0.6 is 0 Å². The van der Waals surface area contributed by atoms with Crippen molar-refractivity contribution in [2.45, 2.75) is 55.4 Å². The molecule has 0 atom stereocenters. The van der Waals surface area contributed by atoms with Crippen molar-refractivity contribution >= 4 is 11.7 Å². The smallest absolute Gasteiger partial charge is 0.115 e. The number of nitriles is 1. The van der Waals surface area contributed by atoms with Gasteiger partial charge >= 0.3 is 0 Å². The van der Waals surface area contributed by atoms with E-state index in [9.17, 15) is 5.26 Å². The van der Waals surface area contributed by atoms with E-state index < -0.39 is 0 Å². The second kappa shape index (κ2) is 15.6. The molecule has 241 valence electrons. The number of nitrogens with one attached hydrogen (secondary N) is 2. The molecule has 2 heterocycles. The zero-order valence-electron chi connectivity index (χ0n) is 27.9. The van der Waals surface area contributed by atoms with Crippen molar-refractivity contribution in [2.75, 3.05) is 0 Å². The molecule has 0 aliphatic heterocycles. The van der Waals surface area contributed by atoms with Crippen LogP contribution < -0.4 is 0 Å². The molecule has 0 amide bonds. The Morgan fingerprint density at radius 3 is 2.15 bits per heavy atom. The van der Waals surface area contributed by atoms with E-state index in [1.54, 1.807) is 12.3 Å². The summed E-state index contributed by atoms with van der Waals surface area (Å²) in [5, 5.41) is 16.9. The fourth-order valence-corrected chi connectivity index (χ4v) is 4.84. The van der Waals surface area contributed by atoms with Gasteiger partial charge in [0.1, 0.15) is 6.33 Å². The van der Waals surface area contributed by atoms with Crippen molar-refractivity contribution in [2.24, 2.45) is 10.4 Å². The minimum absolute atomic E-state index is 0. The second-order valence-electron chi connectivity index (χ2n) is 12.4. The Bertz CT molecular complexity index is 1930. The van der Waals surface area contributed by atoms with Crippen LogP contribution in [-0.4, -0.2) is 31.6 Å². The molecule has 0 aliphatic rings. The Morgan fingerprint density at radius 1 is 0.894 bits per heavy atom. The van der Waals surface area contributed by atoms with Crippen molar-refractivity contribution in [3.63, 3.8) is 0 Å². The van der Waals surface area contributed by atoms with Crippen LogP contribution in [0.4, 0.5) is 0 Å². The maximum atomic E-state index is 9.19. The standard InChI is InChI=1S/C28H24N3.C10H14N5.Ir/c1-17-8-18(2)11-23(10-17)27-28(24-12-19(3)9-20(4)13-24)31-26(16-30-27)25-7-6-22(15-29)14-21(25)5;1-10(2,3)9(12)15-8(11)7-4-5-13-6-14-7;/h6-10,12-14,16H,1-5H3;4-6H,1-3H3,(H2-,11,12,15);/q2*-1;. The molecule has 8 nitrogen and oxygen atoms in total. The van der Waals surface area contributed by atoms with Crippen LogP contribution in [0.5, 0.6) is 0 Å². The molecule has 2 aromatic heterocycles. The molecule has 0 unspecified atom stereocenters. The molecule has 47 heavy (non-hydrogen) atoms. The third-order valence-corrected chi connectivity index (χ3v) is 7.06. The zero-order valence-corrected chi connectivity index (χ0v) is 30.3. The molecule has 0 fully saturated rings. The van der Waals surface area contributed by atoms with Crippen LogP contribution in [-0.2, 0) is 20.1 Å². The average Bonchev–Trinajstić information content (AvgIpc) is 3.00. The first-order valence-corrected chi connectivity index (χ1v) is 14.9. The Labute approximate surface area is 291 Å². The zero-order chi connectivity index (χ0) is 33.6. The second-order valence-corrected chi connectivity index (χ2v) is 12.4. The molecule has 5 rings (SSSR count). The van der Waals surface area contributed by atoms with Crippen molar-refractivity contribution in [3.8, 4) is 39.8 Å². The van der Waals surface area contributed by atoms with Crippen molar-refractivity contribution in [1.29, 1.82) is 10.7 Å². The van der Waals surface area contributed by atoms with E-state index in [1.165, 1.54) is 23.0 Å². The third-order valence-electron chi connectivity index (χ3n) is 7.06. The summed E-state index contributed by atoms with van der Waals surface area (Å²) >= 11 is 0. The number of aliphatic imine (C=N–C) groups is 1. The number of hydrogen-bond donors (Lipinski definition) is 1. The summed E-state index contributed by atoms with van der Waals surface area (Å²) in [6.45, 7) is 16.0. The van der Waals surface area contributed by atoms with Gasteiger partial charge in [-0.25, -0.2) is 9.97 Å². The Kier molecular flexibility index (Phi) is 12.1. The van der Waals surface area contributed by atoms with E-state index in [1.807, 2.05) is 52.1 Å². The summed E-state index contributed by atoms with van der Waals surface area (Å²) in [7, 11) is 0. The number of aryl methyl sites for hydroxylation is 5. The van der Waals surface area contributed by atoms with Crippen LogP contribution in [0.1, 0.15) is 59.8 Å². The first-order valence-electron chi connectivity index (χ1n) is 14.9. The molecule has 5 aromatic rings. The largest absolute Gasteiger partial charge is 0.480 e. The summed E-state index contributed by atoms with van der Waals surface area (Å²) in [4.78, 5) is 21.5. The van der Waals surface area contributed by atoms with E-state index in [0.717, 1.165) is 44.9 Å². The van der Waals surface area contributed by atoms with Crippen LogP contribution in [0, 0.1) is 62.8 Å². The normalized spacial score (nSPS) is 11.1. The van der Waals surface area contributed by atoms with Gasteiger partial charge in [0, 0.05) is 49.6 Å². The predicted octanol–water partition coefficient (Wildman–Crippen LogP) is 8.99. The number of aromatic nitrogens is 4. The predicted molar refractivity (Wildman–Crippen MR) is 186 cm³/mol. The van der Waals surface area contributed by atoms with Gasteiger partial charge in [-0.1, -0.05) is 70.0 Å². The molecular weight excluding hydrogens is 761 g/mol. The summed E-state index contributed by atoms with van der Waals surface area (Å²) in [6, 6.07) is 23.6. The van der Waals surface area contributed by atoms with Crippen molar-refractivity contribution < 1.29 is 20.1 Å². The fourth-order valence-electron chi connectivity index (χ4n) is 4.84. The van der Waals surface area contributed by atoms with Gasteiger partial charge < -0.3 is 21.1 Å². The van der Waals surface area contributed by atoms with E-state index in [0.29, 0.717) is 11.3 Å². The van der Waals surface area contributed by atoms with E-state index in [4.69, 9.17) is 21.1 Å². The minimum atomic E-state index is -0.348. The van der Waals surface area contributed by atoms with Crippen LogP contribution in [0.25, 0.3) is 39.5 Å². The fraction of sp³-hybridized carbons (Fsp3) is 0.237. The molecule has 9 heteroatoms. The Hall–Kier alpha value is -4.90. The maximum absolute atomic E-state index is 9.19. The maximum Gasteiger partial charge on any atom is 0.115 e. The molecule has 0 saturated heterocycles.